The zero-order valence-electron chi connectivity index (χ0n) is 35.2. The summed E-state index contributed by atoms with van der Waals surface area (Å²) in [6.45, 7) is 25.5. The summed E-state index contributed by atoms with van der Waals surface area (Å²) in [7, 11) is -4.68. The third-order valence-corrected chi connectivity index (χ3v) is 9.63. The van der Waals surface area contributed by atoms with Crippen molar-refractivity contribution in [3.05, 3.63) is 0 Å². The molecule has 0 fully saturated rings. The Bertz CT molecular complexity index is 1220. The lowest BCUT2D eigenvalue weighted by Crippen LogP contribution is -2.41. The van der Waals surface area contributed by atoms with Crippen LogP contribution in [0.2, 0.25) is 0 Å². The predicted octanol–water partition coefficient (Wildman–Crippen LogP) is 6.11. The van der Waals surface area contributed by atoms with E-state index >= 15 is 0 Å². The van der Waals surface area contributed by atoms with Crippen LogP contribution < -0.4 is 10.6 Å². The smallest absolute Gasteiger partial charge is 0.461 e. The minimum absolute atomic E-state index is 0.0118. The molecule has 3 unspecified atom stereocenters. The molecular weight excluding hydrogens is 707 g/mol. The van der Waals surface area contributed by atoms with Gasteiger partial charge in [0.25, 0.3) is 0 Å². The quantitative estimate of drug-likeness (QED) is 0.0473. The molecule has 0 aromatic carbocycles. The molecule has 0 heterocycles. The summed E-state index contributed by atoms with van der Waals surface area (Å²) in [6, 6.07) is 0. The SMILES string of the molecule is CCC(C)(CCO)OCCNC(=O)C(C)(C)CCC(=O)NCCOP(=O)(O)OCC(COC(=O)C(C)(C)CC(C)(C)C)OC(=O)C(C)(C)CC(C)(C)C. The van der Waals surface area contributed by atoms with Crippen LogP contribution in [-0.4, -0.2) is 91.6 Å². The minimum Gasteiger partial charge on any atom is -0.461 e. The number of phosphoric ester groups is 1. The molecule has 0 bridgehead atoms. The van der Waals surface area contributed by atoms with Crippen LogP contribution in [0.25, 0.3) is 0 Å². The highest BCUT2D eigenvalue weighted by Crippen LogP contribution is 2.43. The molecule has 0 aliphatic carbocycles. The van der Waals surface area contributed by atoms with E-state index in [0.717, 1.165) is 6.42 Å². The van der Waals surface area contributed by atoms with Crippen molar-refractivity contribution in [1.82, 2.24) is 10.6 Å². The van der Waals surface area contributed by atoms with Gasteiger partial charge in [0.2, 0.25) is 11.8 Å². The standard InChI is InChI=1S/C38H73N2O12P/c1-15-38(14,18-21-41)49-22-19-40-30(43)35(8,9)17-16-29(42)39-20-23-50-53(46,47)51-25-28(52-32(45)37(12,13)27-34(5,6)7)24-48-31(44)36(10,11)26-33(2,3)4/h28,41H,15-27H2,1-14H3,(H,39,42)(H,40,43)(H,46,47). The average Bonchev–Trinajstić information content (AvgIpc) is 2.99. The molecule has 0 aromatic rings. The Labute approximate surface area is 319 Å². The van der Waals surface area contributed by atoms with Crippen LogP contribution in [0.5, 0.6) is 0 Å². The number of rotatable bonds is 25. The molecule has 0 aliphatic heterocycles. The van der Waals surface area contributed by atoms with Crippen molar-refractivity contribution < 1.29 is 57.0 Å². The lowest BCUT2D eigenvalue weighted by molar-refractivity contribution is -0.173. The number of carbonyl (C=O) groups is 4. The van der Waals surface area contributed by atoms with E-state index in [1.54, 1.807) is 41.5 Å². The molecule has 53 heavy (non-hydrogen) atoms. The van der Waals surface area contributed by atoms with Crippen LogP contribution in [0, 0.1) is 27.1 Å². The van der Waals surface area contributed by atoms with E-state index in [2.05, 4.69) is 10.6 Å². The van der Waals surface area contributed by atoms with Crippen molar-refractivity contribution in [1.29, 1.82) is 0 Å². The summed E-state index contributed by atoms with van der Waals surface area (Å²) in [4.78, 5) is 61.7. The van der Waals surface area contributed by atoms with Crippen LogP contribution in [0.1, 0.15) is 135 Å². The van der Waals surface area contributed by atoms with Gasteiger partial charge in [0.05, 0.1) is 36.3 Å². The molecular formula is C38H73N2O12P. The summed E-state index contributed by atoms with van der Waals surface area (Å²) in [5, 5.41) is 14.6. The van der Waals surface area contributed by atoms with E-state index in [-0.39, 0.29) is 68.4 Å². The van der Waals surface area contributed by atoms with E-state index < -0.39 is 60.9 Å². The lowest BCUT2D eigenvalue weighted by Gasteiger charge is -2.33. The first kappa shape index (κ1) is 50.9. The van der Waals surface area contributed by atoms with Gasteiger partial charge in [0, 0.05) is 31.5 Å². The molecule has 0 radical (unpaired) electrons. The van der Waals surface area contributed by atoms with Gasteiger partial charge >= 0.3 is 19.8 Å². The number of aliphatic hydroxyl groups excluding tert-OH is 1. The second-order valence-electron chi connectivity index (χ2n) is 18.6. The summed E-state index contributed by atoms with van der Waals surface area (Å²) >= 11 is 0. The molecule has 15 heteroatoms. The van der Waals surface area contributed by atoms with Crippen molar-refractivity contribution in [3.8, 4) is 0 Å². The number of phosphoric acid groups is 1. The molecule has 0 aromatic heterocycles. The highest BCUT2D eigenvalue weighted by Gasteiger charge is 2.38. The fraction of sp³-hybridized carbons (Fsp3) is 0.895. The third-order valence-electron chi connectivity index (χ3n) is 8.64. The van der Waals surface area contributed by atoms with E-state index in [4.69, 9.17) is 23.3 Å². The number of esters is 2. The molecule has 0 saturated carbocycles. The Morgan fingerprint density at radius 3 is 1.74 bits per heavy atom. The van der Waals surface area contributed by atoms with Crippen molar-refractivity contribution in [2.75, 3.05) is 46.1 Å². The number of nitrogens with one attached hydrogen (secondary N) is 2. The maximum Gasteiger partial charge on any atom is 0.472 e. The van der Waals surface area contributed by atoms with Gasteiger partial charge in [-0.25, -0.2) is 4.57 Å². The van der Waals surface area contributed by atoms with Gasteiger partial charge in [-0.1, -0.05) is 62.3 Å². The number of hydrogen-bond donors (Lipinski definition) is 4. The number of hydrogen-bond acceptors (Lipinski definition) is 11. The van der Waals surface area contributed by atoms with E-state index in [1.807, 2.05) is 55.4 Å². The molecule has 0 rings (SSSR count). The number of carbonyl (C=O) groups excluding carboxylic acids is 4. The normalized spacial score (nSPS) is 15.8. The Morgan fingerprint density at radius 1 is 0.698 bits per heavy atom. The monoisotopic (exact) mass is 780 g/mol. The van der Waals surface area contributed by atoms with Gasteiger partial charge in [0.15, 0.2) is 6.10 Å². The Morgan fingerprint density at radius 2 is 1.23 bits per heavy atom. The van der Waals surface area contributed by atoms with Gasteiger partial charge in [-0.15, -0.1) is 0 Å². The summed E-state index contributed by atoms with van der Waals surface area (Å²) in [5.74, 6) is -1.70. The number of ether oxygens (including phenoxy) is 3. The molecule has 3 atom stereocenters. The molecule has 0 spiro atoms. The van der Waals surface area contributed by atoms with Gasteiger partial charge in [0.1, 0.15) is 6.61 Å². The maximum atomic E-state index is 13.2. The van der Waals surface area contributed by atoms with E-state index in [0.29, 0.717) is 19.3 Å². The third kappa shape index (κ3) is 22.2. The average molecular weight is 781 g/mol. The highest BCUT2D eigenvalue weighted by atomic mass is 31.2. The van der Waals surface area contributed by atoms with Crippen molar-refractivity contribution in [3.63, 3.8) is 0 Å². The maximum absolute atomic E-state index is 13.2. The molecule has 0 saturated heterocycles. The zero-order valence-corrected chi connectivity index (χ0v) is 36.1. The highest BCUT2D eigenvalue weighted by molar-refractivity contribution is 7.47. The molecule has 14 nitrogen and oxygen atoms in total. The van der Waals surface area contributed by atoms with Gasteiger partial charge in [-0.05, 0) is 77.6 Å². The Balaban J connectivity index is 5.09. The fourth-order valence-corrected chi connectivity index (χ4v) is 6.82. The van der Waals surface area contributed by atoms with Crippen LogP contribution in [0.15, 0.2) is 0 Å². The Kier molecular flexibility index (Phi) is 20.4. The summed E-state index contributed by atoms with van der Waals surface area (Å²) < 4.78 is 39.9. The molecule has 312 valence electrons. The first-order valence-electron chi connectivity index (χ1n) is 18.7. The predicted molar refractivity (Wildman–Crippen MR) is 204 cm³/mol. The van der Waals surface area contributed by atoms with Gasteiger partial charge in [-0.2, -0.15) is 0 Å². The molecule has 2 amide bonds. The van der Waals surface area contributed by atoms with Crippen LogP contribution >= 0.6 is 7.82 Å². The van der Waals surface area contributed by atoms with Crippen LogP contribution in [0.4, 0.5) is 0 Å². The minimum atomic E-state index is -4.68. The second-order valence-corrected chi connectivity index (χ2v) is 20.0. The van der Waals surface area contributed by atoms with Crippen LogP contribution in [0.3, 0.4) is 0 Å². The van der Waals surface area contributed by atoms with Crippen LogP contribution in [-0.2, 0) is 47.0 Å². The topological polar surface area (TPSA) is 196 Å². The number of aliphatic hydroxyl groups is 1. The lowest BCUT2D eigenvalue weighted by atomic mass is 9.76. The fourth-order valence-electron chi connectivity index (χ4n) is 6.07. The number of amides is 2. The van der Waals surface area contributed by atoms with Crippen molar-refractivity contribution in [2.24, 2.45) is 27.1 Å². The van der Waals surface area contributed by atoms with Gasteiger partial charge in [-0.3, -0.25) is 28.2 Å². The van der Waals surface area contributed by atoms with E-state index in [1.165, 1.54) is 0 Å². The van der Waals surface area contributed by atoms with E-state index in [9.17, 15) is 33.7 Å². The first-order valence-corrected chi connectivity index (χ1v) is 20.2. The van der Waals surface area contributed by atoms with Crippen molar-refractivity contribution in [2.45, 2.75) is 147 Å². The second kappa shape index (κ2) is 21.3. The molecule has 4 N–H and O–H groups in total. The first-order chi connectivity index (χ1) is 23.9. The van der Waals surface area contributed by atoms with Gasteiger partial charge < -0.3 is 34.8 Å². The summed E-state index contributed by atoms with van der Waals surface area (Å²) in [5.41, 5.74) is -3.41. The largest absolute Gasteiger partial charge is 0.472 e. The summed E-state index contributed by atoms with van der Waals surface area (Å²) in [6.07, 6.45) is 1.31. The molecule has 0 aliphatic rings. The van der Waals surface area contributed by atoms with Crippen molar-refractivity contribution >= 4 is 31.6 Å². The zero-order chi connectivity index (χ0) is 41.5. The Hall–Kier alpha value is -2.09.